The number of carbonyl (C=O) groups is 2. The van der Waals surface area contributed by atoms with Gasteiger partial charge >= 0.3 is 5.97 Å². The van der Waals surface area contributed by atoms with Crippen molar-refractivity contribution < 1.29 is 23.9 Å². The number of ether oxygens (including phenoxy) is 2. The van der Waals surface area contributed by atoms with E-state index in [1.807, 2.05) is 36.4 Å². The van der Waals surface area contributed by atoms with Gasteiger partial charge in [-0.25, -0.2) is 0 Å². The van der Waals surface area contributed by atoms with Gasteiger partial charge in [0.1, 0.15) is 18.0 Å². The number of hydrogen-bond acceptors (Lipinski definition) is 5. The maximum absolute atomic E-state index is 12.1. The molecule has 1 aliphatic rings. The predicted molar refractivity (Wildman–Crippen MR) is 91.3 cm³/mol. The van der Waals surface area contributed by atoms with Gasteiger partial charge in [-0.1, -0.05) is 30.3 Å². The zero-order valence-electron chi connectivity index (χ0n) is 14.2. The first-order valence-electron chi connectivity index (χ1n) is 7.97. The lowest BCUT2D eigenvalue weighted by Crippen LogP contribution is -2.34. The molecule has 6 nitrogen and oxygen atoms in total. The van der Waals surface area contributed by atoms with Gasteiger partial charge in [0.15, 0.2) is 5.75 Å². The third-order valence-electron chi connectivity index (χ3n) is 3.85. The lowest BCUT2D eigenvalue weighted by molar-refractivity contribution is -0.132. The SMILES string of the molecule is CON1C(=O)CCc2cc(OCc3ccccc3)cc(OC(C)=O)c21. The molecular weight excluding hydrogens is 322 g/mol. The van der Waals surface area contributed by atoms with Gasteiger partial charge in [0.2, 0.25) is 0 Å². The molecule has 0 aromatic heterocycles. The minimum absolute atomic E-state index is 0.179. The summed E-state index contributed by atoms with van der Waals surface area (Å²) in [7, 11) is 1.41. The van der Waals surface area contributed by atoms with Crippen molar-refractivity contribution in [2.75, 3.05) is 12.2 Å². The number of carbonyl (C=O) groups excluding carboxylic acids is 2. The zero-order valence-corrected chi connectivity index (χ0v) is 14.2. The quantitative estimate of drug-likeness (QED) is 0.618. The van der Waals surface area contributed by atoms with E-state index in [4.69, 9.17) is 14.3 Å². The third kappa shape index (κ3) is 3.80. The Balaban J connectivity index is 1.93. The molecule has 0 radical (unpaired) electrons. The number of esters is 1. The lowest BCUT2D eigenvalue weighted by Gasteiger charge is -2.28. The molecule has 0 saturated heterocycles. The second kappa shape index (κ2) is 7.36. The zero-order chi connectivity index (χ0) is 17.8. The van der Waals surface area contributed by atoms with Crippen LogP contribution in [-0.4, -0.2) is 19.0 Å². The molecule has 25 heavy (non-hydrogen) atoms. The monoisotopic (exact) mass is 341 g/mol. The molecular formula is C19H19NO5. The highest BCUT2D eigenvalue weighted by Crippen LogP contribution is 2.40. The van der Waals surface area contributed by atoms with Gasteiger partial charge in [-0.3, -0.25) is 14.4 Å². The van der Waals surface area contributed by atoms with Crippen LogP contribution in [0.15, 0.2) is 42.5 Å². The summed E-state index contributed by atoms with van der Waals surface area (Å²) >= 11 is 0. The third-order valence-corrected chi connectivity index (χ3v) is 3.85. The minimum atomic E-state index is -0.475. The first kappa shape index (κ1) is 17.0. The lowest BCUT2D eigenvalue weighted by atomic mass is 10.0. The number of rotatable bonds is 5. The fourth-order valence-corrected chi connectivity index (χ4v) is 2.78. The van der Waals surface area contributed by atoms with Gasteiger partial charge in [-0.05, 0) is 23.6 Å². The highest BCUT2D eigenvalue weighted by atomic mass is 16.7. The molecule has 0 fully saturated rings. The number of anilines is 1. The summed E-state index contributed by atoms with van der Waals surface area (Å²) in [6.45, 7) is 1.71. The van der Waals surface area contributed by atoms with E-state index in [0.29, 0.717) is 30.9 Å². The standard InChI is InChI=1S/C19H19NO5/c1-13(21)25-17-11-16(24-12-14-6-4-3-5-7-14)10-15-8-9-18(22)20(23-2)19(15)17/h3-7,10-11H,8-9,12H2,1-2H3. The summed E-state index contributed by atoms with van der Waals surface area (Å²) in [6, 6.07) is 13.2. The molecule has 0 aliphatic carbocycles. The molecule has 130 valence electrons. The van der Waals surface area contributed by atoms with Crippen molar-refractivity contribution in [3.05, 3.63) is 53.6 Å². The number of aryl methyl sites for hydroxylation is 1. The number of benzene rings is 2. The van der Waals surface area contributed by atoms with Crippen LogP contribution in [0.25, 0.3) is 0 Å². The number of hydrogen-bond donors (Lipinski definition) is 0. The van der Waals surface area contributed by atoms with E-state index in [1.54, 1.807) is 6.07 Å². The van der Waals surface area contributed by atoms with Crippen LogP contribution in [0, 0.1) is 0 Å². The first-order chi connectivity index (χ1) is 12.1. The second-order valence-electron chi connectivity index (χ2n) is 5.67. The highest BCUT2D eigenvalue weighted by Gasteiger charge is 2.29. The van der Waals surface area contributed by atoms with Gasteiger partial charge in [0, 0.05) is 19.4 Å². The van der Waals surface area contributed by atoms with Crippen LogP contribution < -0.4 is 14.5 Å². The van der Waals surface area contributed by atoms with Crippen molar-refractivity contribution in [3.63, 3.8) is 0 Å². The first-order valence-corrected chi connectivity index (χ1v) is 7.97. The molecule has 0 atom stereocenters. The Kier molecular flexibility index (Phi) is 5.00. The van der Waals surface area contributed by atoms with Crippen molar-refractivity contribution in [3.8, 4) is 11.5 Å². The maximum atomic E-state index is 12.1. The van der Waals surface area contributed by atoms with Crippen molar-refractivity contribution in [1.82, 2.24) is 0 Å². The Morgan fingerprint density at radius 2 is 1.92 bits per heavy atom. The molecule has 0 spiro atoms. The highest BCUT2D eigenvalue weighted by molar-refractivity contribution is 5.97. The molecule has 2 aromatic carbocycles. The summed E-state index contributed by atoms with van der Waals surface area (Å²) in [4.78, 5) is 28.7. The molecule has 1 aliphatic heterocycles. The molecule has 2 aromatic rings. The van der Waals surface area contributed by atoms with Gasteiger partial charge in [-0.15, -0.1) is 0 Å². The summed E-state index contributed by atoms with van der Waals surface area (Å²) in [5.74, 6) is 0.171. The van der Waals surface area contributed by atoms with Crippen LogP contribution in [0.3, 0.4) is 0 Å². The van der Waals surface area contributed by atoms with Gasteiger partial charge < -0.3 is 9.47 Å². The van der Waals surface area contributed by atoms with E-state index in [1.165, 1.54) is 14.0 Å². The molecule has 0 N–H and O–H groups in total. The van der Waals surface area contributed by atoms with Crippen LogP contribution >= 0.6 is 0 Å². The van der Waals surface area contributed by atoms with Crippen molar-refractivity contribution in [2.24, 2.45) is 0 Å². The normalized spacial score (nSPS) is 13.4. The van der Waals surface area contributed by atoms with Crippen LogP contribution in [0.1, 0.15) is 24.5 Å². The average molecular weight is 341 g/mol. The Hall–Kier alpha value is -2.86. The molecule has 3 rings (SSSR count). The number of amides is 1. The molecule has 1 amide bonds. The fraction of sp³-hybridized carbons (Fsp3) is 0.263. The smallest absolute Gasteiger partial charge is 0.308 e. The average Bonchev–Trinajstić information content (AvgIpc) is 2.60. The van der Waals surface area contributed by atoms with Crippen LogP contribution in [0.5, 0.6) is 11.5 Å². The minimum Gasteiger partial charge on any atom is -0.489 e. The van der Waals surface area contributed by atoms with Crippen molar-refractivity contribution in [2.45, 2.75) is 26.4 Å². The Morgan fingerprint density at radius 3 is 2.60 bits per heavy atom. The van der Waals surface area contributed by atoms with E-state index in [0.717, 1.165) is 16.2 Å². The molecule has 0 saturated carbocycles. The van der Waals surface area contributed by atoms with E-state index in [2.05, 4.69) is 0 Å². The van der Waals surface area contributed by atoms with E-state index >= 15 is 0 Å². The summed E-state index contributed by atoms with van der Waals surface area (Å²) in [6.07, 6.45) is 0.854. The van der Waals surface area contributed by atoms with E-state index in [9.17, 15) is 9.59 Å². The second-order valence-corrected chi connectivity index (χ2v) is 5.67. The molecule has 0 unspecified atom stereocenters. The number of hydroxylamine groups is 1. The maximum Gasteiger partial charge on any atom is 0.308 e. The van der Waals surface area contributed by atoms with Crippen LogP contribution in [0.4, 0.5) is 5.69 Å². The Bertz CT molecular complexity index is 788. The molecule has 0 bridgehead atoms. The summed E-state index contributed by atoms with van der Waals surface area (Å²) in [5.41, 5.74) is 2.33. The predicted octanol–water partition coefficient (Wildman–Crippen LogP) is 3.03. The summed E-state index contributed by atoms with van der Waals surface area (Å²) < 4.78 is 11.1. The Morgan fingerprint density at radius 1 is 1.16 bits per heavy atom. The molecule has 6 heteroatoms. The molecule has 1 heterocycles. The number of nitrogens with zero attached hydrogens (tertiary/aromatic N) is 1. The van der Waals surface area contributed by atoms with Crippen LogP contribution in [0.2, 0.25) is 0 Å². The van der Waals surface area contributed by atoms with Crippen LogP contribution in [-0.2, 0) is 27.5 Å². The Labute approximate surface area is 145 Å². The number of fused-ring (bicyclic) bond motifs is 1. The van der Waals surface area contributed by atoms with E-state index in [-0.39, 0.29) is 11.7 Å². The van der Waals surface area contributed by atoms with Gasteiger partial charge in [-0.2, -0.15) is 5.06 Å². The summed E-state index contributed by atoms with van der Waals surface area (Å²) in [5, 5.41) is 1.16. The largest absolute Gasteiger partial charge is 0.489 e. The van der Waals surface area contributed by atoms with Crippen molar-refractivity contribution >= 4 is 17.6 Å². The fourth-order valence-electron chi connectivity index (χ4n) is 2.78. The van der Waals surface area contributed by atoms with Gasteiger partial charge in [0.05, 0.1) is 7.11 Å². The van der Waals surface area contributed by atoms with Crippen molar-refractivity contribution in [1.29, 1.82) is 0 Å². The topological polar surface area (TPSA) is 65.1 Å². The van der Waals surface area contributed by atoms with E-state index < -0.39 is 5.97 Å². The van der Waals surface area contributed by atoms with Gasteiger partial charge in [0.25, 0.3) is 5.91 Å².